The molecule has 94 valence electrons. The summed E-state index contributed by atoms with van der Waals surface area (Å²) in [6.07, 6.45) is 5.03. The van der Waals surface area contributed by atoms with Crippen molar-refractivity contribution >= 4 is 5.84 Å². The summed E-state index contributed by atoms with van der Waals surface area (Å²) >= 11 is 0. The summed E-state index contributed by atoms with van der Waals surface area (Å²) in [6, 6.07) is 0.511. The van der Waals surface area contributed by atoms with Gasteiger partial charge < -0.3 is 10.2 Å². The fraction of sp³-hybridized carbons (Fsp3) is 0.923. The van der Waals surface area contributed by atoms with E-state index in [0.717, 1.165) is 32.6 Å². The van der Waals surface area contributed by atoms with Crippen molar-refractivity contribution < 1.29 is 0 Å². The van der Waals surface area contributed by atoms with Crippen molar-refractivity contribution in [3.8, 4) is 0 Å². The second-order valence-electron chi connectivity index (χ2n) is 4.67. The van der Waals surface area contributed by atoms with Gasteiger partial charge in [0.2, 0.25) is 0 Å². The number of nitrogens with zero attached hydrogens (tertiary/aromatic N) is 2. The van der Waals surface area contributed by atoms with E-state index in [1.54, 1.807) is 0 Å². The van der Waals surface area contributed by atoms with Crippen LogP contribution in [0.1, 0.15) is 46.5 Å². The highest BCUT2D eigenvalue weighted by atomic mass is 15.1. The first kappa shape index (κ1) is 13.5. The van der Waals surface area contributed by atoms with Crippen LogP contribution in [0.2, 0.25) is 0 Å². The Kier molecular flexibility index (Phi) is 6.46. The molecule has 3 nitrogen and oxygen atoms in total. The van der Waals surface area contributed by atoms with E-state index in [0.29, 0.717) is 6.04 Å². The van der Waals surface area contributed by atoms with Crippen LogP contribution in [0.4, 0.5) is 0 Å². The molecule has 1 aliphatic heterocycles. The second kappa shape index (κ2) is 7.66. The van der Waals surface area contributed by atoms with Gasteiger partial charge in [-0.1, -0.05) is 20.3 Å². The summed E-state index contributed by atoms with van der Waals surface area (Å²) < 4.78 is 0. The van der Waals surface area contributed by atoms with E-state index in [-0.39, 0.29) is 0 Å². The van der Waals surface area contributed by atoms with Crippen LogP contribution in [0.5, 0.6) is 0 Å². The van der Waals surface area contributed by atoms with Crippen molar-refractivity contribution in [1.29, 1.82) is 0 Å². The maximum atomic E-state index is 4.61. The molecule has 0 bridgehead atoms. The van der Waals surface area contributed by atoms with E-state index in [4.69, 9.17) is 0 Å². The maximum Gasteiger partial charge on any atom is 0.0965 e. The fourth-order valence-electron chi connectivity index (χ4n) is 2.19. The first-order valence-electron chi connectivity index (χ1n) is 6.78. The SMILES string of the molecule is CCN(CC)CC(C)NC1=NCCCCC1. The summed E-state index contributed by atoms with van der Waals surface area (Å²) in [5.41, 5.74) is 0. The summed E-state index contributed by atoms with van der Waals surface area (Å²) in [6.45, 7) is 11.1. The third kappa shape index (κ3) is 4.97. The van der Waals surface area contributed by atoms with E-state index in [1.165, 1.54) is 25.1 Å². The lowest BCUT2D eigenvalue weighted by Crippen LogP contribution is -2.41. The van der Waals surface area contributed by atoms with Gasteiger partial charge in [-0.05, 0) is 32.9 Å². The third-order valence-corrected chi connectivity index (χ3v) is 3.21. The Labute approximate surface area is 100 Å². The molecule has 1 atom stereocenters. The lowest BCUT2D eigenvalue weighted by molar-refractivity contribution is 0.281. The molecule has 1 aliphatic rings. The summed E-state index contributed by atoms with van der Waals surface area (Å²) in [7, 11) is 0. The molecule has 1 rings (SSSR count). The average molecular weight is 225 g/mol. The smallest absolute Gasteiger partial charge is 0.0965 e. The molecular formula is C13H27N3. The first-order valence-corrected chi connectivity index (χ1v) is 6.78. The van der Waals surface area contributed by atoms with Crippen LogP contribution in [0.3, 0.4) is 0 Å². The van der Waals surface area contributed by atoms with Gasteiger partial charge in [-0.3, -0.25) is 4.99 Å². The first-order chi connectivity index (χ1) is 7.76. The standard InChI is InChI=1S/C13H27N3/c1-4-16(5-2)11-12(3)15-13-9-7-6-8-10-14-13/h12H,4-11H2,1-3H3,(H,14,15). The van der Waals surface area contributed by atoms with Gasteiger partial charge in [0.05, 0.1) is 5.84 Å². The van der Waals surface area contributed by atoms with E-state index >= 15 is 0 Å². The number of hydrogen-bond acceptors (Lipinski definition) is 3. The number of aliphatic imine (C=N–C) groups is 1. The van der Waals surface area contributed by atoms with Crippen molar-refractivity contribution in [2.45, 2.75) is 52.5 Å². The molecule has 0 aromatic heterocycles. The molecule has 1 heterocycles. The maximum absolute atomic E-state index is 4.61. The summed E-state index contributed by atoms with van der Waals surface area (Å²) in [5.74, 6) is 1.23. The molecular weight excluding hydrogens is 198 g/mol. The molecule has 0 spiro atoms. The predicted molar refractivity (Wildman–Crippen MR) is 71.2 cm³/mol. The number of amidine groups is 1. The topological polar surface area (TPSA) is 27.6 Å². The van der Waals surface area contributed by atoms with Crippen LogP contribution in [0.25, 0.3) is 0 Å². The Hall–Kier alpha value is -0.570. The van der Waals surface area contributed by atoms with E-state index in [9.17, 15) is 0 Å². The van der Waals surface area contributed by atoms with Crippen molar-refractivity contribution in [2.75, 3.05) is 26.2 Å². The molecule has 0 saturated heterocycles. The minimum Gasteiger partial charge on any atom is -0.370 e. The quantitative estimate of drug-likeness (QED) is 0.777. The molecule has 0 radical (unpaired) electrons. The normalized spacial score (nSPS) is 19.1. The van der Waals surface area contributed by atoms with Crippen LogP contribution in [-0.4, -0.2) is 43.0 Å². The zero-order valence-corrected chi connectivity index (χ0v) is 11.1. The lowest BCUT2D eigenvalue weighted by atomic mass is 10.2. The molecule has 0 aromatic carbocycles. The van der Waals surface area contributed by atoms with Crippen LogP contribution >= 0.6 is 0 Å². The summed E-state index contributed by atoms with van der Waals surface area (Å²) in [5, 5.41) is 3.57. The monoisotopic (exact) mass is 225 g/mol. The molecule has 0 aromatic rings. The lowest BCUT2D eigenvalue weighted by Gasteiger charge is -2.24. The van der Waals surface area contributed by atoms with Gasteiger partial charge in [-0.25, -0.2) is 0 Å². The molecule has 3 heteroatoms. The van der Waals surface area contributed by atoms with Gasteiger partial charge in [0.1, 0.15) is 0 Å². The Balaban J connectivity index is 2.31. The van der Waals surface area contributed by atoms with Crippen LogP contribution < -0.4 is 5.32 Å². The van der Waals surface area contributed by atoms with E-state index < -0.39 is 0 Å². The largest absolute Gasteiger partial charge is 0.370 e. The zero-order chi connectivity index (χ0) is 11.8. The van der Waals surface area contributed by atoms with Crippen LogP contribution in [0.15, 0.2) is 4.99 Å². The molecule has 16 heavy (non-hydrogen) atoms. The Morgan fingerprint density at radius 2 is 2.00 bits per heavy atom. The Morgan fingerprint density at radius 1 is 1.25 bits per heavy atom. The highest BCUT2D eigenvalue weighted by Crippen LogP contribution is 2.06. The number of hydrogen-bond donors (Lipinski definition) is 1. The second-order valence-corrected chi connectivity index (χ2v) is 4.67. The zero-order valence-electron chi connectivity index (χ0n) is 11.1. The van der Waals surface area contributed by atoms with Crippen molar-refractivity contribution in [3.63, 3.8) is 0 Å². The summed E-state index contributed by atoms with van der Waals surface area (Å²) in [4.78, 5) is 7.06. The number of likely N-dealkylation sites (N-methyl/N-ethyl adjacent to an activating group) is 1. The van der Waals surface area contributed by atoms with Crippen molar-refractivity contribution in [3.05, 3.63) is 0 Å². The molecule has 0 saturated carbocycles. The van der Waals surface area contributed by atoms with Gasteiger partial charge in [-0.2, -0.15) is 0 Å². The van der Waals surface area contributed by atoms with Gasteiger partial charge >= 0.3 is 0 Å². The van der Waals surface area contributed by atoms with E-state index in [2.05, 4.69) is 36.0 Å². The van der Waals surface area contributed by atoms with Gasteiger partial charge in [0.25, 0.3) is 0 Å². The third-order valence-electron chi connectivity index (χ3n) is 3.21. The van der Waals surface area contributed by atoms with Crippen LogP contribution in [0, 0.1) is 0 Å². The number of nitrogens with one attached hydrogen (secondary N) is 1. The molecule has 0 aliphatic carbocycles. The minimum absolute atomic E-state index is 0.511. The van der Waals surface area contributed by atoms with Crippen molar-refractivity contribution in [2.24, 2.45) is 4.99 Å². The fourth-order valence-corrected chi connectivity index (χ4v) is 2.19. The van der Waals surface area contributed by atoms with Crippen LogP contribution in [-0.2, 0) is 0 Å². The molecule has 0 fully saturated rings. The molecule has 1 N–H and O–H groups in total. The highest BCUT2D eigenvalue weighted by Gasteiger charge is 2.10. The highest BCUT2D eigenvalue weighted by molar-refractivity contribution is 5.82. The molecule has 1 unspecified atom stereocenters. The van der Waals surface area contributed by atoms with Gasteiger partial charge in [-0.15, -0.1) is 0 Å². The average Bonchev–Trinajstić information content (AvgIpc) is 2.54. The Bertz CT molecular complexity index is 209. The van der Waals surface area contributed by atoms with Crippen molar-refractivity contribution in [1.82, 2.24) is 10.2 Å². The van der Waals surface area contributed by atoms with Gasteiger partial charge in [0.15, 0.2) is 0 Å². The number of rotatable bonds is 5. The Morgan fingerprint density at radius 3 is 2.69 bits per heavy atom. The predicted octanol–water partition coefficient (Wildman–Crippen LogP) is 2.28. The van der Waals surface area contributed by atoms with Gasteiger partial charge in [0, 0.05) is 25.6 Å². The van der Waals surface area contributed by atoms with E-state index in [1.807, 2.05) is 0 Å². The molecule has 0 amide bonds. The minimum atomic E-state index is 0.511.